The molecular weight excluding hydrogens is 370 g/mol. The van der Waals surface area contributed by atoms with Gasteiger partial charge in [-0.2, -0.15) is 0 Å². The minimum absolute atomic E-state index is 0.238. The normalized spacial score (nSPS) is 11.7. The SMILES string of the molecule is C[C@@H](NC(=O)COc1ccc(Br)cc1Br)C(=O)O. The van der Waals surface area contributed by atoms with E-state index in [-0.39, 0.29) is 6.61 Å². The van der Waals surface area contributed by atoms with E-state index in [0.717, 1.165) is 4.47 Å². The molecule has 2 N–H and O–H groups in total. The van der Waals surface area contributed by atoms with Crippen LogP contribution in [0.2, 0.25) is 0 Å². The van der Waals surface area contributed by atoms with Crippen molar-refractivity contribution >= 4 is 43.7 Å². The number of carboxylic acid groups (broad SMARTS) is 1. The van der Waals surface area contributed by atoms with Crippen molar-refractivity contribution in [3.05, 3.63) is 27.1 Å². The molecule has 0 aromatic heterocycles. The third kappa shape index (κ3) is 4.66. The van der Waals surface area contributed by atoms with E-state index in [1.165, 1.54) is 6.92 Å². The van der Waals surface area contributed by atoms with Gasteiger partial charge in [-0.1, -0.05) is 15.9 Å². The Kier molecular flexibility index (Phi) is 5.61. The molecule has 0 aliphatic heterocycles. The van der Waals surface area contributed by atoms with E-state index in [9.17, 15) is 9.59 Å². The van der Waals surface area contributed by atoms with Gasteiger partial charge in [0, 0.05) is 4.47 Å². The van der Waals surface area contributed by atoms with Crippen molar-refractivity contribution in [2.75, 3.05) is 6.61 Å². The van der Waals surface area contributed by atoms with Crippen molar-refractivity contribution < 1.29 is 19.4 Å². The second kappa shape index (κ2) is 6.75. The third-order valence-corrected chi connectivity index (χ3v) is 3.11. The molecule has 0 spiro atoms. The molecule has 5 nitrogen and oxygen atoms in total. The summed E-state index contributed by atoms with van der Waals surface area (Å²) in [6.45, 7) is 1.15. The smallest absolute Gasteiger partial charge is 0.325 e. The highest BCUT2D eigenvalue weighted by atomic mass is 79.9. The maximum atomic E-state index is 11.4. The number of nitrogens with one attached hydrogen (secondary N) is 1. The number of hydrogen-bond donors (Lipinski definition) is 2. The van der Waals surface area contributed by atoms with E-state index in [4.69, 9.17) is 9.84 Å². The molecule has 0 aliphatic rings. The Balaban J connectivity index is 2.50. The Morgan fingerprint density at radius 3 is 2.67 bits per heavy atom. The van der Waals surface area contributed by atoms with Gasteiger partial charge in [0.05, 0.1) is 4.47 Å². The molecule has 0 saturated heterocycles. The van der Waals surface area contributed by atoms with Crippen molar-refractivity contribution in [3.8, 4) is 5.75 Å². The van der Waals surface area contributed by atoms with Crippen LogP contribution in [0.3, 0.4) is 0 Å². The van der Waals surface area contributed by atoms with Crippen molar-refractivity contribution in [2.24, 2.45) is 0 Å². The molecule has 1 aromatic carbocycles. The highest BCUT2D eigenvalue weighted by Crippen LogP contribution is 2.27. The summed E-state index contributed by atoms with van der Waals surface area (Å²) < 4.78 is 6.85. The molecule has 0 bridgehead atoms. The van der Waals surface area contributed by atoms with E-state index in [2.05, 4.69) is 37.2 Å². The molecule has 0 radical (unpaired) electrons. The highest BCUT2D eigenvalue weighted by Gasteiger charge is 2.14. The van der Waals surface area contributed by atoms with Crippen LogP contribution < -0.4 is 10.1 Å². The summed E-state index contributed by atoms with van der Waals surface area (Å²) in [5, 5.41) is 10.9. The molecule has 0 heterocycles. The zero-order valence-electron chi connectivity index (χ0n) is 9.44. The topological polar surface area (TPSA) is 75.6 Å². The molecule has 1 atom stereocenters. The van der Waals surface area contributed by atoms with E-state index < -0.39 is 17.9 Å². The minimum atomic E-state index is -1.09. The number of amides is 1. The van der Waals surface area contributed by atoms with Gasteiger partial charge in [0.1, 0.15) is 11.8 Å². The first-order valence-electron chi connectivity index (χ1n) is 5.00. The summed E-state index contributed by atoms with van der Waals surface area (Å²) in [4.78, 5) is 21.9. The van der Waals surface area contributed by atoms with Gasteiger partial charge in [0.15, 0.2) is 6.61 Å². The standard InChI is InChI=1S/C11H11Br2NO4/c1-6(11(16)17)14-10(15)5-18-9-3-2-7(12)4-8(9)13/h2-4,6H,5H2,1H3,(H,14,15)(H,16,17)/t6-/m1/s1. The monoisotopic (exact) mass is 379 g/mol. The van der Waals surface area contributed by atoms with Crippen LogP contribution in [0.4, 0.5) is 0 Å². The maximum absolute atomic E-state index is 11.4. The summed E-state index contributed by atoms with van der Waals surface area (Å²) in [6, 6.07) is 4.32. The number of carbonyl (C=O) groups is 2. The summed E-state index contributed by atoms with van der Waals surface area (Å²) >= 11 is 6.59. The Morgan fingerprint density at radius 1 is 1.44 bits per heavy atom. The Hall–Kier alpha value is -1.08. The second-order valence-electron chi connectivity index (χ2n) is 3.49. The van der Waals surface area contributed by atoms with E-state index in [1.54, 1.807) is 18.2 Å². The van der Waals surface area contributed by atoms with Crippen LogP contribution in [0.25, 0.3) is 0 Å². The fraction of sp³-hybridized carbons (Fsp3) is 0.273. The molecule has 0 unspecified atom stereocenters. The molecular formula is C11H11Br2NO4. The van der Waals surface area contributed by atoms with Crippen LogP contribution >= 0.6 is 31.9 Å². The average Bonchev–Trinajstić information content (AvgIpc) is 2.27. The van der Waals surface area contributed by atoms with Crippen molar-refractivity contribution in [1.29, 1.82) is 0 Å². The van der Waals surface area contributed by atoms with E-state index in [1.807, 2.05) is 0 Å². The second-order valence-corrected chi connectivity index (χ2v) is 5.26. The summed E-state index contributed by atoms with van der Waals surface area (Å²) in [5.74, 6) is -1.07. The molecule has 7 heteroatoms. The summed E-state index contributed by atoms with van der Waals surface area (Å²) in [5.41, 5.74) is 0. The lowest BCUT2D eigenvalue weighted by Crippen LogP contribution is -2.40. The fourth-order valence-electron chi connectivity index (χ4n) is 1.08. The molecule has 18 heavy (non-hydrogen) atoms. The van der Waals surface area contributed by atoms with E-state index in [0.29, 0.717) is 10.2 Å². The predicted molar refractivity (Wildman–Crippen MR) is 72.6 cm³/mol. The van der Waals surface area contributed by atoms with Gasteiger partial charge < -0.3 is 15.2 Å². The number of carboxylic acids is 1. The molecule has 0 aliphatic carbocycles. The van der Waals surface area contributed by atoms with Gasteiger partial charge in [-0.05, 0) is 41.1 Å². The minimum Gasteiger partial charge on any atom is -0.483 e. The van der Waals surface area contributed by atoms with Gasteiger partial charge in [0.2, 0.25) is 0 Å². The van der Waals surface area contributed by atoms with Crippen molar-refractivity contribution in [2.45, 2.75) is 13.0 Å². The number of ether oxygens (including phenoxy) is 1. The van der Waals surface area contributed by atoms with Crippen LogP contribution in [0.1, 0.15) is 6.92 Å². The lowest BCUT2D eigenvalue weighted by molar-refractivity contribution is -0.141. The zero-order chi connectivity index (χ0) is 13.7. The quantitative estimate of drug-likeness (QED) is 0.820. The summed E-state index contributed by atoms with van der Waals surface area (Å²) in [6.07, 6.45) is 0. The molecule has 98 valence electrons. The van der Waals surface area contributed by atoms with Crippen molar-refractivity contribution in [3.63, 3.8) is 0 Å². The third-order valence-electron chi connectivity index (χ3n) is 2.00. The van der Waals surface area contributed by atoms with Crippen LogP contribution in [0.5, 0.6) is 5.75 Å². The average molecular weight is 381 g/mol. The van der Waals surface area contributed by atoms with Gasteiger partial charge in [-0.15, -0.1) is 0 Å². The lowest BCUT2D eigenvalue weighted by Gasteiger charge is -2.11. The Labute approximate surface area is 121 Å². The number of halogens is 2. The molecule has 1 aromatic rings. The maximum Gasteiger partial charge on any atom is 0.325 e. The first-order chi connectivity index (χ1) is 8.40. The number of hydrogen-bond acceptors (Lipinski definition) is 3. The highest BCUT2D eigenvalue weighted by molar-refractivity contribution is 9.11. The number of carbonyl (C=O) groups excluding carboxylic acids is 1. The number of aliphatic carboxylic acids is 1. The van der Waals surface area contributed by atoms with Crippen LogP contribution in [0, 0.1) is 0 Å². The van der Waals surface area contributed by atoms with E-state index >= 15 is 0 Å². The molecule has 1 rings (SSSR count). The molecule has 0 fully saturated rings. The van der Waals surface area contributed by atoms with Crippen LogP contribution in [-0.4, -0.2) is 29.6 Å². The zero-order valence-corrected chi connectivity index (χ0v) is 12.6. The predicted octanol–water partition coefficient (Wildman–Crippen LogP) is 2.18. The largest absolute Gasteiger partial charge is 0.483 e. The number of rotatable bonds is 5. The van der Waals surface area contributed by atoms with Gasteiger partial charge in [0.25, 0.3) is 5.91 Å². The molecule has 0 saturated carbocycles. The Bertz CT molecular complexity index is 464. The lowest BCUT2D eigenvalue weighted by atomic mass is 10.3. The Morgan fingerprint density at radius 2 is 2.11 bits per heavy atom. The van der Waals surface area contributed by atoms with Crippen LogP contribution in [0.15, 0.2) is 27.1 Å². The van der Waals surface area contributed by atoms with Gasteiger partial charge in [-0.25, -0.2) is 0 Å². The first kappa shape index (κ1) is 15.0. The summed E-state index contributed by atoms with van der Waals surface area (Å²) in [7, 11) is 0. The van der Waals surface area contributed by atoms with Gasteiger partial charge >= 0.3 is 5.97 Å². The van der Waals surface area contributed by atoms with Crippen molar-refractivity contribution in [1.82, 2.24) is 5.32 Å². The van der Waals surface area contributed by atoms with Gasteiger partial charge in [-0.3, -0.25) is 9.59 Å². The molecule has 1 amide bonds. The van der Waals surface area contributed by atoms with Crippen LogP contribution in [-0.2, 0) is 9.59 Å². The first-order valence-corrected chi connectivity index (χ1v) is 6.58. The number of benzene rings is 1. The fourth-order valence-corrected chi connectivity index (χ4v) is 2.24.